The molecule has 2 aromatic heterocycles. The van der Waals surface area contributed by atoms with E-state index in [2.05, 4.69) is 15.2 Å². The van der Waals surface area contributed by atoms with Crippen molar-refractivity contribution in [2.24, 2.45) is 0 Å². The molecule has 3 unspecified atom stereocenters. The van der Waals surface area contributed by atoms with E-state index in [0.29, 0.717) is 24.4 Å². The van der Waals surface area contributed by atoms with Gasteiger partial charge in [-0.2, -0.15) is 10.2 Å². The highest BCUT2D eigenvalue weighted by atomic mass is 31.2. The van der Waals surface area contributed by atoms with Gasteiger partial charge in [-0.15, -0.1) is 0 Å². The van der Waals surface area contributed by atoms with Crippen molar-refractivity contribution in [1.82, 2.24) is 19.7 Å². The van der Waals surface area contributed by atoms with Crippen molar-refractivity contribution in [3.05, 3.63) is 54.5 Å². The monoisotopic (exact) mass is 531 g/mol. The highest BCUT2D eigenvalue weighted by Gasteiger charge is 2.34. The number of aryl methyl sites for hydroxylation is 1. The Balaban J connectivity index is 1.39. The molecule has 1 saturated carbocycles. The van der Waals surface area contributed by atoms with E-state index >= 15 is 0 Å². The van der Waals surface area contributed by atoms with Crippen molar-refractivity contribution in [3.63, 3.8) is 0 Å². The van der Waals surface area contributed by atoms with Gasteiger partial charge in [0.05, 0.1) is 12.7 Å². The van der Waals surface area contributed by atoms with Crippen LogP contribution in [0.15, 0.2) is 48.8 Å². The van der Waals surface area contributed by atoms with Gasteiger partial charge in [-0.25, -0.2) is 14.1 Å². The second-order valence-electron chi connectivity index (χ2n) is 9.06. The van der Waals surface area contributed by atoms with E-state index in [9.17, 15) is 9.36 Å². The fourth-order valence-corrected chi connectivity index (χ4v) is 5.75. The number of esters is 1. The van der Waals surface area contributed by atoms with Gasteiger partial charge in [0.15, 0.2) is 5.82 Å². The van der Waals surface area contributed by atoms with Gasteiger partial charge in [0.25, 0.3) is 0 Å². The van der Waals surface area contributed by atoms with Crippen LogP contribution in [0, 0.1) is 0 Å². The van der Waals surface area contributed by atoms with Gasteiger partial charge in [0, 0.05) is 12.8 Å². The number of para-hydroxylation sites is 1. The Bertz CT molecular complexity index is 1220. The molecule has 0 bridgehead atoms. The van der Waals surface area contributed by atoms with Crippen molar-refractivity contribution in [1.29, 1.82) is 0 Å². The molecule has 12 heteroatoms. The number of nitrogens with zero attached hydrogens (tertiary/aromatic N) is 3. The van der Waals surface area contributed by atoms with E-state index in [-0.39, 0.29) is 12.7 Å². The first-order chi connectivity index (χ1) is 17.9. The Kier molecular flexibility index (Phi) is 9.15. The molecule has 1 aliphatic rings. The lowest BCUT2D eigenvalue weighted by Gasteiger charge is -2.25. The number of nitrogens with two attached hydrogens (primary N) is 1. The predicted molar refractivity (Wildman–Crippen MR) is 138 cm³/mol. The molecule has 37 heavy (non-hydrogen) atoms. The van der Waals surface area contributed by atoms with Gasteiger partial charge >= 0.3 is 13.7 Å². The molecule has 3 aromatic rings. The summed E-state index contributed by atoms with van der Waals surface area (Å²) in [4.78, 5) is 16.6. The minimum absolute atomic E-state index is 0.0293. The number of hydrogen-bond donors (Lipinski definition) is 2. The summed E-state index contributed by atoms with van der Waals surface area (Å²) in [5.41, 5.74) is 7.57. The molecule has 3 N–H and O–H groups in total. The number of aromatic nitrogens is 3. The number of benzene rings is 1. The van der Waals surface area contributed by atoms with Crippen LogP contribution in [0.2, 0.25) is 0 Å². The molecule has 0 amide bonds. The van der Waals surface area contributed by atoms with E-state index < -0.39 is 25.9 Å². The Morgan fingerprint density at radius 1 is 1.22 bits per heavy atom. The number of hydrogen-bond acceptors (Lipinski definition) is 9. The van der Waals surface area contributed by atoms with Crippen LogP contribution < -0.4 is 15.3 Å². The summed E-state index contributed by atoms with van der Waals surface area (Å²) in [7, 11) is -2.41. The Hall–Kier alpha value is -2.98. The van der Waals surface area contributed by atoms with Crippen molar-refractivity contribution >= 4 is 25.1 Å². The molecule has 1 aromatic carbocycles. The zero-order chi connectivity index (χ0) is 26.3. The molecule has 1 aliphatic carbocycles. The van der Waals surface area contributed by atoms with Crippen molar-refractivity contribution < 1.29 is 27.9 Å². The maximum Gasteiger partial charge on any atom is 0.459 e. The largest absolute Gasteiger partial charge is 0.461 e. The molecule has 2 heterocycles. The minimum atomic E-state index is -3.97. The van der Waals surface area contributed by atoms with Gasteiger partial charge in [0.1, 0.15) is 29.7 Å². The van der Waals surface area contributed by atoms with E-state index in [1.807, 2.05) is 18.2 Å². The maximum atomic E-state index is 13.7. The average molecular weight is 532 g/mol. The highest BCUT2D eigenvalue weighted by Crippen LogP contribution is 2.45. The lowest BCUT2D eigenvalue weighted by atomic mass is 10.1. The fraction of sp³-hybridized carbons (Fsp3) is 0.480. The molecule has 0 aliphatic heterocycles. The number of methoxy groups -OCH3 is 1. The van der Waals surface area contributed by atoms with Gasteiger partial charge in [0.2, 0.25) is 0 Å². The first-order valence-electron chi connectivity index (χ1n) is 12.4. The Morgan fingerprint density at radius 2 is 1.97 bits per heavy atom. The normalized spacial score (nSPS) is 17.4. The van der Waals surface area contributed by atoms with E-state index in [0.717, 1.165) is 36.9 Å². The number of nitrogen functional groups attached to an aromatic ring is 1. The molecular formula is C25H34N5O6P. The van der Waals surface area contributed by atoms with E-state index in [1.165, 1.54) is 6.33 Å². The van der Waals surface area contributed by atoms with Crippen LogP contribution in [0.1, 0.15) is 44.7 Å². The quantitative estimate of drug-likeness (QED) is 0.246. The van der Waals surface area contributed by atoms with Crippen LogP contribution in [0.3, 0.4) is 0 Å². The number of ether oxygens (including phenoxy) is 2. The average Bonchev–Trinajstić information content (AvgIpc) is 3.55. The summed E-state index contributed by atoms with van der Waals surface area (Å²) in [6.45, 7) is 1.55. The first-order valence-corrected chi connectivity index (χ1v) is 14.0. The van der Waals surface area contributed by atoms with Crippen molar-refractivity contribution in [2.75, 3.05) is 19.5 Å². The van der Waals surface area contributed by atoms with Gasteiger partial charge in [-0.05, 0) is 69.7 Å². The number of rotatable bonds is 13. The number of carbonyl (C=O) groups is 1. The summed E-state index contributed by atoms with van der Waals surface area (Å²) < 4.78 is 38.1. The molecule has 0 saturated heterocycles. The van der Waals surface area contributed by atoms with Crippen LogP contribution in [0.5, 0.6) is 5.75 Å². The maximum absolute atomic E-state index is 13.7. The van der Waals surface area contributed by atoms with Gasteiger partial charge in [-0.3, -0.25) is 9.32 Å². The molecule has 1 fully saturated rings. The van der Waals surface area contributed by atoms with Crippen molar-refractivity contribution in [2.45, 2.75) is 63.7 Å². The second-order valence-corrected chi connectivity index (χ2v) is 10.7. The number of anilines is 1. The predicted octanol–water partition coefficient (Wildman–Crippen LogP) is 3.93. The van der Waals surface area contributed by atoms with Crippen LogP contribution in [-0.4, -0.2) is 52.5 Å². The summed E-state index contributed by atoms with van der Waals surface area (Å²) >= 11 is 0. The molecular weight excluding hydrogens is 497 g/mol. The molecule has 0 spiro atoms. The van der Waals surface area contributed by atoms with E-state index in [4.69, 9.17) is 24.3 Å². The second kappa shape index (κ2) is 12.5. The van der Waals surface area contributed by atoms with Crippen LogP contribution in [0.25, 0.3) is 5.52 Å². The highest BCUT2D eigenvalue weighted by molar-refractivity contribution is 7.52. The number of nitrogens with one attached hydrogen (secondary N) is 1. The summed E-state index contributed by atoms with van der Waals surface area (Å²) in [5, 5.41) is 7.00. The van der Waals surface area contributed by atoms with Crippen LogP contribution in [-0.2, 0) is 29.8 Å². The third-order valence-corrected chi connectivity index (χ3v) is 7.95. The van der Waals surface area contributed by atoms with E-state index in [1.54, 1.807) is 42.8 Å². The smallest absolute Gasteiger partial charge is 0.459 e. The molecule has 11 nitrogen and oxygen atoms in total. The first kappa shape index (κ1) is 27.1. The zero-order valence-electron chi connectivity index (χ0n) is 21.1. The lowest BCUT2D eigenvalue weighted by Crippen LogP contribution is -2.37. The third kappa shape index (κ3) is 7.29. The van der Waals surface area contributed by atoms with Crippen LogP contribution >= 0.6 is 7.75 Å². The minimum Gasteiger partial charge on any atom is -0.461 e. The SMILES string of the molecule is COC(CCc1ccc2c(N)ncnn12)COP(=O)(NC(C)C(=O)OC1CCCC1)Oc1ccccc1. The summed E-state index contributed by atoms with van der Waals surface area (Å²) in [5.74, 6) is 0.260. The molecule has 200 valence electrons. The zero-order valence-corrected chi connectivity index (χ0v) is 22.0. The summed E-state index contributed by atoms with van der Waals surface area (Å²) in [6, 6.07) is 11.6. The topological polar surface area (TPSA) is 139 Å². The molecule has 3 atom stereocenters. The van der Waals surface area contributed by atoms with Gasteiger partial charge in [-0.1, -0.05) is 18.2 Å². The Morgan fingerprint density at radius 3 is 2.70 bits per heavy atom. The van der Waals surface area contributed by atoms with Crippen LogP contribution in [0.4, 0.5) is 5.82 Å². The van der Waals surface area contributed by atoms with Crippen molar-refractivity contribution in [3.8, 4) is 5.75 Å². The third-order valence-electron chi connectivity index (χ3n) is 6.31. The molecule has 0 radical (unpaired) electrons. The van der Waals surface area contributed by atoms with Gasteiger partial charge < -0.3 is 19.7 Å². The molecule has 4 rings (SSSR count). The standard InChI is InChI=1S/C25H34N5O6P/c1-18(25(31)35-20-8-6-7-9-20)29-37(32,36-21-10-4-3-5-11-21)34-16-22(33-2)14-12-19-13-15-23-24(26)27-17-28-30(19)23/h3-5,10-11,13,15,17-18,20,22H,6-9,12,14,16H2,1-2H3,(H,29,32)(H2,26,27,28). The summed E-state index contributed by atoms with van der Waals surface area (Å²) in [6.07, 6.45) is 5.83. The lowest BCUT2D eigenvalue weighted by molar-refractivity contribution is -0.150. The number of carbonyl (C=O) groups excluding carboxylic acids is 1. The Labute approximate surface area is 216 Å². The number of fused-ring (bicyclic) bond motifs is 1. The fourth-order valence-electron chi connectivity index (χ4n) is 4.23.